The van der Waals surface area contributed by atoms with Gasteiger partial charge in [-0.05, 0) is 75.3 Å². The van der Waals surface area contributed by atoms with E-state index in [2.05, 4.69) is 20.8 Å². The van der Waals surface area contributed by atoms with Crippen molar-refractivity contribution < 1.29 is 14.1 Å². The Morgan fingerprint density at radius 3 is 2.47 bits per heavy atom. The third-order valence-corrected chi connectivity index (χ3v) is 8.20. The molecule has 0 spiro atoms. The summed E-state index contributed by atoms with van der Waals surface area (Å²) in [6, 6.07) is 7.44. The fourth-order valence-corrected chi connectivity index (χ4v) is 7.19. The number of rotatable bonds is 8. The highest BCUT2D eigenvalue weighted by Crippen LogP contribution is 2.55. The van der Waals surface area contributed by atoms with Gasteiger partial charge in [-0.2, -0.15) is 4.98 Å². The molecule has 0 unspecified atom stereocenters. The maximum atomic E-state index is 12.9. The quantitative estimate of drug-likeness (QED) is 0.593. The van der Waals surface area contributed by atoms with Gasteiger partial charge in [-0.25, -0.2) is 0 Å². The summed E-state index contributed by atoms with van der Waals surface area (Å²) in [6.07, 6.45) is 8.00. The minimum absolute atomic E-state index is 0.0242. The van der Waals surface area contributed by atoms with E-state index in [4.69, 9.17) is 4.52 Å². The van der Waals surface area contributed by atoms with E-state index in [9.17, 15) is 9.59 Å². The molecule has 0 aliphatic heterocycles. The lowest BCUT2D eigenvalue weighted by atomic mass is 9.53. The Kier molecular flexibility index (Phi) is 5.97. The summed E-state index contributed by atoms with van der Waals surface area (Å²) in [4.78, 5) is 30.5. The number of nitrogens with zero attached hydrogens (tertiary/aromatic N) is 2. The van der Waals surface area contributed by atoms with Gasteiger partial charge in [-0.1, -0.05) is 17.3 Å². The average molecular weight is 455 g/mol. The van der Waals surface area contributed by atoms with Gasteiger partial charge in [0, 0.05) is 23.4 Å². The van der Waals surface area contributed by atoms with Crippen LogP contribution in [-0.2, 0) is 11.2 Å². The topological polar surface area (TPSA) is 97.1 Å². The molecule has 4 fully saturated rings. The SMILES string of the molecule is Cc1noc(CCNC(=O)c2ccccc2SCC(=O)NC23CC4CC(CC(C4)C2)C3)n1. The monoisotopic (exact) mass is 454 g/mol. The van der Waals surface area contributed by atoms with Gasteiger partial charge in [0.1, 0.15) is 0 Å². The lowest BCUT2D eigenvalue weighted by Gasteiger charge is -2.56. The predicted molar refractivity (Wildman–Crippen MR) is 121 cm³/mol. The molecule has 0 saturated heterocycles. The average Bonchev–Trinajstić information content (AvgIpc) is 3.16. The first-order valence-corrected chi connectivity index (χ1v) is 12.6. The van der Waals surface area contributed by atoms with Crippen molar-refractivity contribution in [2.45, 2.75) is 62.3 Å². The van der Waals surface area contributed by atoms with Crippen LogP contribution in [0, 0.1) is 24.7 Å². The largest absolute Gasteiger partial charge is 0.351 e. The van der Waals surface area contributed by atoms with Crippen molar-refractivity contribution in [2.75, 3.05) is 12.3 Å². The number of nitrogens with one attached hydrogen (secondary N) is 2. The first kappa shape index (κ1) is 21.5. The predicted octanol–water partition coefficient (Wildman–Crippen LogP) is 3.53. The summed E-state index contributed by atoms with van der Waals surface area (Å²) < 4.78 is 5.08. The summed E-state index contributed by atoms with van der Waals surface area (Å²) in [5.74, 6) is 3.74. The molecule has 2 aromatic rings. The smallest absolute Gasteiger partial charge is 0.252 e. The molecule has 6 rings (SSSR count). The van der Waals surface area contributed by atoms with Gasteiger partial charge in [-0.15, -0.1) is 11.8 Å². The van der Waals surface area contributed by atoms with Crippen molar-refractivity contribution in [3.05, 3.63) is 41.5 Å². The second kappa shape index (κ2) is 8.89. The summed E-state index contributed by atoms with van der Waals surface area (Å²) >= 11 is 1.43. The zero-order valence-electron chi connectivity index (χ0n) is 18.4. The normalized spacial score (nSPS) is 28.0. The molecule has 1 heterocycles. The summed E-state index contributed by atoms with van der Waals surface area (Å²) in [5.41, 5.74) is 0.609. The highest BCUT2D eigenvalue weighted by atomic mass is 32.2. The van der Waals surface area contributed by atoms with Crippen LogP contribution >= 0.6 is 11.8 Å². The van der Waals surface area contributed by atoms with Crippen LogP contribution in [0.25, 0.3) is 0 Å². The Hall–Kier alpha value is -2.35. The zero-order valence-corrected chi connectivity index (χ0v) is 19.2. The Labute approximate surface area is 192 Å². The highest BCUT2D eigenvalue weighted by molar-refractivity contribution is 8.00. The molecule has 4 aliphatic carbocycles. The maximum Gasteiger partial charge on any atom is 0.252 e. The van der Waals surface area contributed by atoms with E-state index in [1.54, 1.807) is 13.0 Å². The van der Waals surface area contributed by atoms with Gasteiger partial charge in [0.2, 0.25) is 11.8 Å². The molecule has 170 valence electrons. The van der Waals surface area contributed by atoms with Crippen LogP contribution < -0.4 is 10.6 Å². The lowest BCUT2D eigenvalue weighted by molar-refractivity contribution is -0.124. The van der Waals surface area contributed by atoms with Crippen molar-refractivity contribution in [1.29, 1.82) is 0 Å². The minimum atomic E-state index is -0.161. The van der Waals surface area contributed by atoms with E-state index in [1.807, 2.05) is 18.2 Å². The Bertz CT molecular complexity index is 969. The van der Waals surface area contributed by atoms with E-state index in [0.29, 0.717) is 36.0 Å². The van der Waals surface area contributed by atoms with Gasteiger partial charge in [0.15, 0.2) is 5.82 Å². The van der Waals surface area contributed by atoms with Crippen molar-refractivity contribution in [1.82, 2.24) is 20.8 Å². The highest BCUT2D eigenvalue weighted by Gasteiger charge is 2.51. The molecule has 4 aliphatic rings. The second-order valence-electron chi connectivity index (χ2n) is 9.77. The number of amides is 2. The van der Waals surface area contributed by atoms with Crippen molar-refractivity contribution in [2.24, 2.45) is 17.8 Å². The van der Waals surface area contributed by atoms with Gasteiger partial charge >= 0.3 is 0 Å². The first-order chi connectivity index (χ1) is 15.5. The number of aromatic nitrogens is 2. The lowest BCUT2D eigenvalue weighted by Crippen LogP contribution is -2.60. The summed E-state index contributed by atoms with van der Waals surface area (Å²) in [6.45, 7) is 2.17. The van der Waals surface area contributed by atoms with E-state index >= 15 is 0 Å². The third-order valence-electron chi connectivity index (χ3n) is 7.13. The fraction of sp³-hybridized carbons (Fsp3) is 0.583. The number of carbonyl (C=O) groups excluding carboxylic acids is 2. The van der Waals surface area contributed by atoms with Crippen LogP contribution in [0.2, 0.25) is 0 Å². The van der Waals surface area contributed by atoms with Crippen LogP contribution in [0.5, 0.6) is 0 Å². The number of hydrogen-bond donors (Lipinski definition) is 2. The van der Waals surface area contributed by atoms with Crippen LogP contribution in [0.4, 0.5) is 0 Å². The number of aryl methyl sites for hydroxylation is 1. The van der Waals surface area contributed by atoms with Gasteiger partial charge < -0.3 is 15.2 Å². The van der Waals surface area contributed by atoms with Crippen LogP contribution in [0.15, 0.2) is 33.7 Å². The third kappa shape index (κ3) is 4.70. The van der Waals surface area contributed by atoms with Crippen LogP contribution in [0.3, 0.4) is 0 Å². The molecular weight excluding hydrogens is 424 g/mol. The standard InChI is InChI=1S/C24H30N4O3S/c1-15-26-22(31-28-15)6-7-25-23(30)19-4-2-3-5-20(19)32-14-21(29)27-24-11-16-8-17(12-24)10-18(9-16)13-24/h2-5,16-18H,6-14H2,1H3,(H,25,30)(H,27,29). The molecule has 32 heavy (non-hydrogen) atoms. The van der Waals surface area contributed by atoms with E-state index in [-0.39, 0.29) is 17.4 Å². The summed E-state index contributed by atoms with van der Waals surface area (Å²) in [5, 5.41) is 10.1. The number of thioether (sulfide) groups is 1. The van der Waals surface area contributed by atoms with Crippen molar-refractivity contribution in [3.63, 3.8) is 0 Å². The summed E-state index contributed by atoms with van der Waals surface area (Å²) in [7, 11) is 0. The molecular formula is C24H30N4O3S. The Morgan fingerprint density at radius 1 is 1.12 bits per heavy atom. The van der Waals surface area contributed by atoms with Crippen LogP contribution in [0.1, 0.15) is 60.6 Å². The molecule has 1 aromatic carbocycles. The minimum Gasteiger partial charge on any atom is -0.351 e. The molecule has 0 radical (unpaired) electrons. The van der Waals surface area contributed by atoms with Crippen LogP contribution in [-0.4, -0.2) is 39.8 Å². The molecule has 1 aromatic heterocycles. The fourth-order valence-electron chi connectivity index (χ4n) is 6.34. The van der Waals surface area contributed by atoms with Crippen molar-refractivity contribution >= 4 is 23.6 Å². The zero-order chi connectivity index (χ0) is 22.1. The molecule has 8 heteroatoms. The molecule has 7 nitrogen and oxygen atoms in total. The molecule has 2 amide bonds. The Morgan fingerprint density at radius 2 is 1.81 bits per heavy atom. The van der Waals surface area contributed by atoms with Gasteiger partial charge in [0.25, 0.3) is 5.91 Å². The molecule has 4 bridgehead atoms. The molecule has 0 atom stereocenters. The maximum absolute atomic E-state index is 12.9. The number of hydrogen-bond acceptors (Lipinski definition) is 6. The first-order valence-electron chi connectivity index (χ1n) is 11.6. The number of carbonyl (C=O) groups is 2. The molecule has 2 N–H and O–H groups in total. The van der Waals surface area contributed by atoms with Gasteiger partial charge in [0.05, 0.1) is 11.3 Å². The van der Waals surface area contributed by atoms with Crippen molar-refractivity contribution in [3.8, 4) is 0 Å². The number of benzene rings is 1. The van der Waals surface area contributed by atoms with Gasteiger partial charge in [-0.3, -0.25) is 9.59 Å². The van der Waals surface area contributed by atoms with E-state index < -0.39 is 0 Å². The molecule has 4 saturated carbocycles. The Balaban J connectivity index is 1.15. The van der Waals surface area contributed by atoms with E-state index in [0.717, 1.165) is 41.9 Å². The van der Waals surface area contributed by atoms with E-state index in [1.165, 1.54) is 31.0 Å². The second-order valence-corrected chi connectivity index (χ2v) is 10.8.